The average molecular weight is 447 g/mol. The van der Waals surface area contributed by atoms with E-state index in [0.717, 1.165) is 30.2 Å². The molecule has 1 N–H and O–H groups in total. The lowest BCUT2D eigenvalue weighted by Crippen LogP contribution is -2.48. The first kappa shape index (κ1) is 21.3. The van der Waals surface area contributed by atoms with Gasteiger partial charge in [-0.3, -0.25) is 14.8 Å². The summed E-state index contributed by atoms with van der Waals surface area (Å²) < 4.78 is 28.9. The lowest BCUT2D eigenvalue weighted by molar-refractivity contribution is -0.0498. The van der Waals surface area contributed by atoms with E-state index >= 15 is 0 Å². The fourth-order valence-corrected chi connectivity index (χ4v) is 3.77. The van der Waals surface area contributed by atoms with Crippen LogP contribution in [0.25, 0.3) is 11.3 Å². The second-order valence-electron chi connectivity index (χ2n) is 7.27. The van der Waals surface area contributed by atoms with Crippen LogP contribution < -0.4 is 4.74 Å². The third-order valence-corrected chi connectivity index (χ3v) is 5.37. The van der Waals surface area contributed by atoms with Crippen LogP contribution in [0.2, 0.25) is 5.02 Å². The highest BCUT2D eigenvalue weighted by Crippen LogP contribution is 2.23. The van der Waals surface area contributed by atoms with Gasteiger partial charge in [-0.15, -0.1) is 0 Å². The SMILES string of the molecule is O=C(c1cc(-c2ccc(OC(F)F)cc2)n[nH]1)N1CCN(Cc2cccc(Cl)c2)CC1. The highest BCUT2D eigenvalue weighted by molar-refractivity contribution is 6.30. The number of benzene rings is 2. The third-order valence-electron chi connectivity index (χ3n) is 5.14. The van der Waals surface area contributed by atoms with Gasteiger partial charge in [-0.05, 0) is 48.0 Å². The van der Waals surface area contributed by atoms with Crippen molar-refractivity contribution < 1.29 is 18.3 Å². The maximum absolute atomic E-state index is 12.8. The number of ether oxygens (including phenoxy) is 1. The number of H-pyrrole nitrogens is 1. The van der Waals surface area contributed by atoms with Gasteiger partial charge < -0.3 is 9.64 Å². The fourth-order valence-electron chi connectivity index (χ4n) is 3.56. The maximum atomic E-state index is 12.8. The Labute approximate surface area is 183 Å². The molecule has 0 saturated carbocycles. The molecule has 162 valence electrons. The summed E-state index contributed by atoms with van der Waals surface area (Å²) in [6, 6.07) is 15.6. The molecule has 31 heavy (non-hydrogen) atoms. The number of nitrogens with one attached hydrogen (secondary N) is 1. The molecule has 3 aromatic rings. The van der Waals surface area contributed by atoms with Gasteiger partial charge in [-0.25, -0.2) is 0 Å². The zero-order valence-corrected chi connectivity index (χ0v) is 17.4. The molecule has 0 spiro atoms. The molecule has 0 atom stereocenters. The summed E-state index contributed by atoms with van der Waals surface area (Å²) in [4.78, 5) is 16.9. The maximum Gasteiger partial charge on any atom is 0.387 e. The monoisotopic (exact) mass is 446 g/mol. The van der Waals surface area contributed by atoms with Gasteiger partial charge in [0, 0.05) is 43.3 Å². The van der Waals surface area contributed by atoms with Crippen molar-refractivity contribution in [3.63, 3.8) is 0 Å². The lowest BCUT2D eigenvalue weighted by Gasteiger charge is -2.34. The number of hydrogen-bond donors (Lipinski definition) is 1. The fraction of sp³-hybridized carbons (Fsp3) is 0.273. The predicted molar refractivity (Wildman–Crippen MR) is 113 cm³/mol. The minimum Gasteiger partial charge on any atom is -0.435 e. The number of carbonyl (C=O) groups is 1. The molecule has 2 heterocycles. The Hall–Kier alpha value is -2.97. The number of nitrogens with zero attached hydrogens (tertiary/aromatic N) is 3. The quantitative estimate of drug-likeness (QED) is 0.613. The molecule has 1 amide bonds. The summed E-state index contributed by atoms with van der Waals surface area (Å²) in [5.74, 6) is -0.0416. The number of halogens is 3. The highest BCUT2D eigenvalue weighted by Gasteiger charge is 2.23. The number of carbonyl (C=O) groups excluding carboxylic acids is 1. The molecule has 2 aromatic carbocycles. The minimum atomic E-state index is -2.87. The van der Waals surface area contributed by atoms with E-state index in [-0.39, 0.29) is 11.7 Å². The topological polar surface area (TPSA) is 61.5 Å². The molecule has 1 fully saturated rings. The Morgan fingerprint density at radius 2 is 1.84 bits per heavy atom. The zero-order chi connectivity index (χ0) is 21.8. The molecule has 0 radical (unpaired) electrons. The van der Waals surface area contributed by atoms with Crippen molar-refractivity contribution in [2.24, 2.45) is 0 Å². The number of aromatic nitrogens is 2. The van der Waals surface area contributed by atoms with Crippen molar-refractivity contribution in [1.82, 2.24) is 20.0 Å². The standard InChI is InChI=1S/C22H21ClF2N4O2/c23-17-3-1-2-15(12-17)14-28-8-10-29(11-9-28)21(30)20-13-19(26-27-20)16-4-6-18(7-5-16)31-22(24)25/h1-7,12-13,22H,8-11,14H2,(H,26,27). The molecule has 9 heteroatoms. The highest BCUT2D eigenvalue weighted by atomic mass is 35.5. The van der Waals surface area contributed by atoms with Gasteiger partial charge in [0.1, 0.15) is 11.4 Å². The van der Waals surface area contributed by atoms with Crippen molar-refractivity contribution in [2.45, 2.75) is 13.2 Å². The van der Waals surface area contributed by atoms with E-state index in [4.69, 9.17) is 11.6 Å². The summed E-state index contributed by atoms with van der Waals surface area (Å²) >= 11 is 6.05. The summed E-state index contributed by atoms with van der Waals surface area (Å²) in [6.45, 7) is 0.699. The summed E-state index contributed by atoms with van der Waals surface area (Å²) in [5, 5.41) is 7.69. The van der Waals surface area contributed by atoms with Crippen LogP contribution in [0.3, 0.4) is 0 Å². The molecule has 1 aliphatic rings. The number of alkyl halides is 2. The van der Waals surface area contributed by atoms with Crippen LogP contribution in [0.15, 0.2) is 54.6 Å². The van der Waals surface area contributed by atoms with Crippen molar-refractivity contribution >= 4 is 17.5 Å². The summed E-state index contributed by atoms with van der Waals surface area (Å²) in [6.07, 6.45) is 0. The van der Waals surface area contributed by atoms with Gasteiger partial charge in [-0.1, -0.05) is 23.7 Å². The number of aromatic amines is 1. The van der Waals surface area contributed by atoms with Crippen LogP contribution >= 0.6 is 11.6 Å². The largest absolute Gasteiger partial charge is 0.435 e. The van der Waals surface area contributed by atoms with E-state index in [1.54, 1.807) is 23.1 Å². The second-order valence-corrected chi connectivity index (χ2v) is 7.70. The van der Waals surface area contributed by atoms with Gasteiger partial charge in [-0.2, -0.15) is 13.9 Å². The molecular formula is C22H21ClF2N4O2. The number of rotatable bonds is 6. The van der Waals surface area contributed by atoms with Gasteiger partial charge in [0.2, 0.25) is 0 Å². The van der Waals surface area contributed by atoms with Crippen LogP contribution in [-0.4, -0.2) is 58.7 Å². The Kier molecular flexibility index (Phi) is 6.48. The van der Waals surface area contributed by atoms with Crippen molar-refractivity contribution in [3.8, 4) is 17.0 Å². The first-order chi connectivity index (χ1) is 15.0. The normalized spacial score (nSPS) is 14.8. The smallest absolute Gasteiger partial charge is 0.387 e. The summed E-state index contributed by atoms with van der Waals surface area (Å²) in [5.41, 5.74) is 2.80. The van der Waals surface area contributed by atoms with Gasteiger partial charge in [0.25, 0.3) is 5.91 Å². The van der Waals surface area contributed by atoms with Crippen molar-refractivity contribution in [1.29, 1.82) is 0 Å². The average Bonchev–Trinajstić information content (AvgIpc) is 3.24. The number of piperazine rings is 1. The molecular weight excluding hydrogens is 426 g/mol. The molecule has 1 aromatic heterocycles. The van der Waals surface area contributed by atoms with E-state index in [1.807, 2.05) is 24.3 Å². The predicted octanol–water partition coefficient (Wildman–Crippen LogP) is 4.29. The van der Waals surface area contributed by atoms with Gasteiger partial charge in [0.15, 0.2) is 0 Å². The molecule has 4 rings (SSSR count). The molecule has 1 saturated heterocycles. The second kappa shape index (κ2) is 9.45. The van der Waals surface area contributed by atoms with E-state index in [1.165, 1.54) is 12.1 Å². The number of amides is 1. The molecule has 1 aliphatic heterocycles. The minimum absolute atomic E-state index is 0.0706. The Balaban J connectivity index is 1.34. The van der Waals surface area contributed by atoms with E-state index in [9.17, 15) is 13.6 Å². The Morgan fingerprint density at radius 1 is 1.10 bits per heavy atom. The number of hydrogen-bond acceptors (Lipinski definition) is 4. The van der Waals surface area contributed by atoms with E-state index in [2.05, 4.69) is 19.8 Å². The van der Waals surface area contributed by atoms with Crippen LogP contribution in [0, 0.1) is 0 Å². The van der Waals surface area contributed by atoms with E-state index < -0.39 is 6.61 Å². The molecule has 0 unspecified atom stereocenters. The van der Waals surface area contributed by atoms with Crippen LogP contribution in [0.4, 0.5) is 8.78 Å². The van der Waals surface area contributed by atoms with Crippen molar-refractivity contribution in [2.75, 3.05) is 26.2 Å². The Bertz CT molecular complexity index is 1030. The lowest BCUT2D eigenvalue weighted by atomic mass is 10.1. The van der Waals surface area contributed by atoms with Crippen LogP contribution in [-0.2, 0) is 6.54 Å². The summed E-state index contributed by atoms with van der Waals surface area (Å²) in [7, 11) is 0. The Morgan fingerprint density at radius 3 is 2.52 bits per heavy atom. The first-order valence-corrected chi connectivity index (χ1v) is 10.2. The van der Waals surface area contributed by atoms with Gasteiger partial charge >= 0.3 is 6.61 Å². The molecule has 0 aliphatic carbocycles. The zero-order valence-electron chi connectivity index (χ0n) is 16.6. The van der Waals surface area contributed by atoms with Gasteiger partial charge in [0.05, 0.1) is 5.69 Å². The first-order valence-electron chi connectivity index (χ1n) is 9.84. The van der Waals surface area contributed by atoms with Crippen LogP contribution in [0.1, 0.15) is 16.1 Å². The third kappa shape index (κ3) is 5.39. The molecule has 0 bridgehead atoms. The van der Waals surface area contributed by atoms with E-state index in [0.29, 0.717) is 30.0 Å². The van der Waals surface area contributed by atoms with Crippen LogP contribution in [0.5, 0.6) is 5.75 Å². The molecule has 6 nitrogen and oxygen atoms in total. The van der Waals surface area contributed by atoms with Crippen molar-refractivity contribution in [3.05, 3.63) is 70.9 Å².